The van der Waals surface area contributed by atoms with Gasteiger partial charge in [0.05, 0.1) is 23.7 Å². The molecular weight excluding hydrogens is 246 g/mol. The summed E-state index contributed by atoms with van der Waals surface area (Å²) >= 11 is 1.79. The van der Waals surface area contributed by atoms with Crippen molar-refractivity contribution in [1.29, 1.82) is 0 Å². The average Bonchev–Trinajstić information content (AvgIpc) is 2.89. The van der Waals surface area contributed by atoms with Crippen molar-refractivity contribution in [2.45, 2.75) is 18.9 Å². The van der Waals surface area contributed by atoms with Crippen LogP contribution in [0.3, 0.4) is 0 Å². The van der Waals surface area contributed by atoms with Gasteiger partial charge >= 0.3 is 0 Å². The number of thioether (sulfide) groups is 1. The van der Waals surface area contributed by atoms with Crippen molar-refractivity contribution in [3.8, 4) is 5.69 Å². The first-order chi connectivity index (χ1) is 8.83. The molecule has 0 bridgehead atoms. The van der Waals surface area contributed by atoms with E-state index < -0.39 is 6.10 Å². The molecule has 1 heterocycles. The van der Waals surface area contributed by atoms with E-state index in [4.69, 9.17) is 0 Å². The third-order valence-corrected chi connectivity index (χ3v) is 3.44. The van der Waals surface area contributed by atoms with E-state index in [-0.39, 0.29) is 0 Å². The lowest BCUT2D eigenvalue weighted by Crippen LogP contribution is -2.07. The molecule has 0 spiro atoms. The zero-order chi connectivity index (χ0) is 12.8. The summed E-state index contributed by atoms with van der Waals surface area (Å²) in [5.41, 5.74) is 1.68. The molecule has 1 aromatic carbocycles. The molecule has 0 radical (unpaired) electrons. The minimum Gasteiger partial charge on any atom is -0.387 e. The minimum absolute atomic E-state index is 0.507. The third-order valence-electron chi connectivity index (χ3n) is 2.74. The first-order valence-corrected chi connectivity index (χ1v) is 7.35. The van der Waals surface area contributed by atoms with Crippen LogP contribution in [0.1, 0.15) is 24.6 Å². The first-order valence-electron chi connectivity index (χ1n) is 5.96. The number of benzene rings is 1. The molecule has 4 nitrogen and oxygen atoms in total. The summed E-state index contributed by atoms with van der Waals surface area (Å²) in [5.74, 6) is 1.06. The SMILES string of the molecule is CSCCCC(O)c1cnnn1-c1ccccc1. The van der Waals surface area contributed by atoms with Gasteiger partial charge in [-0.3, -0.25) is 0 Å². The molecule has 1 atom stereocenters. The van der Waals surface area contributed by atoms with Gasteiger partial charge in [0.15, 0.2) is 0 Å². The van der Waals surface area contributed by atoms with Gasteiger partial charge in [0.25, 0.3) is 0 Å². The van der Waals surface area contributed by atoms with Crippen molar-refractivity contribution in [1.82, 2.24) is 15.0 Å². The van der Waals surface area contributed by atoms with Crippen molar-refractivity contribution in [2.75, 3.05) is 12.0 Å². The second-order valence-electron chi connectivity index (χ2n) is 4.06. The minimum atomic E-state index is -0.507. The molecule has 18 heavy (non-hydrogen) atoms. The zero-order valence-corrected chi connectivity index (χ0v) is 11.2. The van der Waals surface area contributed by atoms with Crippen LogP contribution in [0.2, 0.25) is 0 Å². The highest BCUT2D eigenvalue weighted by Gasteiger charge is 2.14. The van der Waals surface area contributed by atoms with Crippen LogP contribution in [0, 0.1) is 0 Å². The number of hydrogen-bond acceptors (Lipinski definition) is 4. The van der Waals surface area contributed by atoms with Crippen LogP contribution in [0.15, 0.2) is 36.5 Å². The van der Waals surface area contributed by atoms with Crippen LogP contribution >= 0.6 is 11.8 Å². The molecule has 0 aliphatic rings. The van der Waals surface area contributed by atoms with E-state index in [2.05, 4.69) is 16.6 Å². The number of aliphatic hydroxyl groups excluding tert-OH is 1. The lowest BCUT2D eigenvalue weighted by molar-refractivity contribution is 0.159. The Hall–Kier alpha value is -1.33. The number of aromatic nitrogens is 3. The fourth-order valence-electron chi connectivity index (χ4n) is 1.81. The van der Waals surface area contributed by atoms with E-state index in [1.165, 1.54) is 0 Å². The molecule has 1 N–H and O–H groups in total. The molecule has 0 amide bonds. The standard InChI is InChI=1S/C13H17N3OS/c1-18-9-5-8-13(17)12-10-14-15-16(12)11-6-3-2-4-7-11/h2-4,6-7,10,13,17H,5,8-9H2,1H3. The fraction of sp³-hybridized carbons (Fsp3) is 0.385. The van der Waals surface area contributed by atoms with Gasteiger partial charge in [0.1, 0.15) is 0 Å². The van der Waals surface area contributed by atoms with Gasteiger partial charge in [-0.25, -0.2) is 4.68 Å². The second-order valence-corrected chi connectivity index (χ2v) is 5.04. The number of rotatable bonds is 6. The average molecular weight is 263 g/mol. The van der Waals surface area contributed by atoms with E-state index in [0.29, 0.717) is 0 Å². The number of aliphatic hydroxyl groups is 1. The number of nitrogens with zero attached hydrogens (tertiary/aromatic N) is 3. The fourth-order valence-corrected chi connectivity index (χ4v) is 2.26. The molecule has 2 rings (SSSR count). The Morgan fingerprint density at radius 2 is 2.11 bits per heavy atom. The lowest BCUT2D eigenvalue weighted by atomic mass is 10.1. The van der Waals surface area contributed by atoms with Crippen LogP contribution in [0.5, 0.6) is 0 Å². The van der Waals surface area contributed by atoms with Crippen LogP contribution in [-0.4, -0.2) is 32.1 Å². The summed E-state index contributed by atoms with van der Waals surface area (Å²) < 4.78 is 1.70. The highest BCUT2D eigenvalue weighted by Crippen LogP contribution is 2.20. The molecule has 1 aromatic heterocycles. The maximum absolute atomic E-state index is 10.2. The normalized spacial score (nSPS) is 12.6. The molecule has 2 aromatic rings. The highest BCUT2D eigenvalue weighted by atomic mass is 32.2. The van der Waals surface area contributed by atoms with Gasteiger partial charge in [-0.05, 0) is 37.0 Å². The zero-order valence-electron chi connectivity index (χ0n) is 10.4. The van der Waals surface area contributed by atoms with Crippen LogP contribution in [-0.2, 0) is 0 Å². The molecular formula is C13H17N3OS. The molecule has 0 saturated carbocycles. The van der Waals surface area contributed by atoms with Gasteiger partial charge in [-0.15, -0.1) is 5.10 Å². The largest absolute Gasteiger partial charge is 0.387 e. The number of para-hydroxylation sites is 1. The first kappa shape index (κ1) is 13.1. The van der Waals surface area contributed by atoms with Crippen LogP contribution < -0.4 is 0 Å². The predicted octanol–water partition coefficient (Wildman–Crippen LogP) is 2.44. The van der Waals surface area contributed by atoms with Crippen molar-refractivity contribution >= 4 is 11.8 Å². The van der Waals surface area contributed by atoms with Crippen molar-refractivity contribution in [2.24, 2.45) is 0 Å². The van der Waals surface area contributed by atoms with Crippen molar-refractivity contribution in [3.05, 3.63) is 42.2 Å². The van der Waals surface area contributed by atoms with Gasteiger partial charge < -0.3 is 5.11 Å². The van der Waals surface area contributed by atoms with Gasteiger partial charge in [0, 0.05) is 0 Å². The third kappa shape index (κ3) is 3.11. The lowest BCUT2D eigenvalue weighted by Gasteiger charge is -2.11. The Morgan fingerprint density at radius 1 is 1.33 bits per heavy atom. The monoisotopic (exact) mass is 263 g/mol. The van der Waals surface area contributed by atoms with Crippen molar-refractivity contribution in [3.63, 3.8) is 0 Å². The predicted molar refractivity (Wildman–Crippen MR) is 73.9 cm³/mol. The topological polar surface area (TPSA) is 50.9 Å². The van der Waals surface area contributed by atoms with Gasteiger partial charge in [-0.2, -0.15) is 11.8 Å². The Kier molecular flexibility index (Phi) is 4.78. The summed E-state index contributed by atoms with van der Waals surface area (Å²) in [4.78, 5) is 0. The Balaban J connectivity index is 2.12. The maximum Gasteiger partial charge on any atom is 0.0977 e. The maximum atomic E-state index is 10.2. The van der Waals surface area contributed by atoms with E-state index >= 15 is 0 Å². The summed E-state index contributed by atoms with van der Waals surface area (Å²) in [6.45, 7) is 0. The van der Waals surface area contributed by atoms with E-state index in [1.54, 1.807) is 22.6 Å². The van der Waals surface area contributed by atoms with Gasteiger partial charge in [-0.1, -0.05) is 23.4 Å². The van der Waals surface area contributed by atoms with E-state index in [9.17, 15) is 5.11 Å². The molecule has 0 fully saturated rings. The molecule has 5 heteroatoms. The van der Waals surface area contributed by atoms with Gasteiger partial charge in [0.2, 0.25) is 0 Å². The number of hydrogen-bond donors (Lipinski definition) is 1. The van der Waals surface area contributed by atoms with E-state index in [1.807, 2.05) is 30.3 Å². The van der Waals surface area contributed by atoms with Crippen LogP contribution in [0.4, 0.5) is 0 Å². The quantitative estimate of drug-likeness (QED) is 0.813. The molecule has 1 unspecified atom stereocenters. The molecule has 0 aliphatic carbocycles. The Bertz CT molecular complexity index is 472. The summed E-state index contributed by atoms with van der Waals surface area (Å²) in [5, 5.41) is 18.1. The van der Waals surface area contributed by atoms with Crippen molar-refractivity contribution < 1.29 is 5.11 Å². The molecule has 0 aliphatic heterocycles. The molecule has 0 saturated heterocycles. The summed E-state index contributed by atoms with van der Waals surface area (Å²) in [7, 11) is 0. The van der Waals surface area contributed by atoms with Crippen LogP contribution in [0.25, 0.3) is 5.69 Å². The summed E-state index contributed by atoms with van der Waals surface area (Å²) in [6.07, 6.45) is 4.93. The highest BCUT2D eigenvalue weighted by molar-refractivity contribution is 7.98. The Morgan fingerprint density at radius 3 is 2.83 bits per heavy atom. The van der Waals surface area contributed by atoms with E-state index in [0.717, 1.165) is 30.0 Å². The second kappa shape index (κ2) is 6.56. The molecule has 96 valence electrons. The Labute approximate surface area is 111 Å². The summed E-state index contributed by atoms with van der Waals surface area (Å²) in [6, 6.07) is 9.75. The smallest absolute Gasteiger partial charge is 0.0977 e.